The molecule has 1 aromatic heterocycles. The van der Waals surface area contributed by atoms with Gasteiger partial charge in [-0.05, 0) is 43.2 Å². The van der Waals surface area contributed by atoms with Crippen molar-refractivity contribution in [1.29, 1.82) is 5.41 Å². The molecular formula is C13H14N4O. The molecule has 1 heterocycles. The van der Waals surface area contributed by atoms with Crippen LogP contribution < -0.4 is 10.5 Å². The zero-order valence-corrected chi connectivity index (χ0v) is 10.3. The SMILES string of the molecule is Cc1ccc(Oc2nccc(C(=N)N)n2)cc1C. The molecule has 3 N–H and O–H groups in total. The van der Waals surface area contributed by atoms with Crippen LogP contribution in [0.4, 0.5) is 0 Å². The Kier molecular flexibility index (Phi) is 3.23. The highest BCUT2D eigenvalue weighted by Crippen LogP contribution is 2.20. The van der Waals surface area contributed by atoms with E-state index in [-0.39, 0.29) is 11.8 Å². The van der Waals surface area contributed by atoms with Gasteiger partial charge in [0, 0.05) is 6.20 Å². The molecule has 0 bridgehead atoms. The second-order valence-electron chi connectivity index (χ2n) is 3.99. The summed E-state index contributed by atoms with van der Waals surface area (Å²) in [5.74, 6) is 0.557. The summed E-state index contributed by atoms with van der Waals surface area (Å²) in [7, 11) is 0. The zero-order valence-electron chi connectivity index (χ0n) is 10.3. The Balaban J connectivity index is 2.25. The molecule has 92 valence electrons. The van der Waals surface area contributed by atoms with Crippen LogP contribution >= 0.6 is 0 Å². The topological polar surface area (TPSA) is 84.9 Å². The Morgan fingerprint density at radius 3 is 2.67 bits per heavy atom. The number of nitrogens with two attached hydrogens (primary N) is 1. The number of nitrogens with one attached hydrogen (secondary N) is 1. The molecule has 0 atom stereocenters. The van der Waals surface area contributed by atoms with Crippen LogP contribution in [-0.2, 0) is 0 Å². The van der Waals surface area contributed by atoms with Crippen molar-refractivity contribution >= 4 is 5.84 Å². The molecular weight excluding hydrogens is 228 g/mol. The van der Waals surface area contributed by atoms with E-state index in [0.717, 1.165) is 5.56 Å². The minimum absolute atomic E-state index is 0.109. The molecule has 0 spiro atoms. The van der Waals surface area contributed by atoms with Gasteiger partial charge in [0.25, 0.3) is 0 Å². The molecule has 1 aromatic carbocycles. The lowest BCUT2D eigenvalue weighted by atomic mass is 10.1. The summed E-state index contributed by atoms with van der Waals surface area (Å²) in [5.41, 5.74) is 8.04. The van der Waals surface area contributed by atoms with Crippen molar-refractivity contribution in [3.63, 3.8) is 0 Å². The predicted octanol–water partition coefficient (Wildman–Crippen LogP) is 2.17. The van der Waals surface area contributed by atoms with Crippen molar-refractivity contribution in [2.24, 2.45) is 5.73 Å². The second kappa shape index (κ2) is 4.83. The van der Waals surface area contributed by atoms with Gasteiger partial charge < -0.3 is 10.5 Å². The first-order chi connectivity index (χ1) is 8.56. The van der Waals surface area contributed by atoms with Gasteiger partial charge in [0.05, 0.1) is 0 Å². The highest BCUT2D eigenvalue weighted by Gasteiger charge is 2.05. The lowest BCUT2D eigenvalue weighted by Gasteiger charge is -2.06. The van der Waals surface area contributed by atoms with Gasteiger partial charge in [-0.25, -0.2) is 4.98 Å². The number of benzene rings is 1. The molecule has 0 saturated heterocycles. The Morgan fingerprint density at radius 1 is 1.22 bits per heavy atom. The highest BCUT2D eigenvalue weighted by molar-refractivity contribution is 5.92. The average Bonchev–Trinajstić information content (AvgIpc) is 2.34. The van der Waals surface area contributed by atoms with Gasteiger partial charge in [-0.3, -0.25) is 5.41 Å². The van der Waals surface area contributed by atoms with Gasteiger partial charge in [0.1, 0.15) is 17.3 Å². The van der Waals surface area contributed by atoms with Gasteiger partial charge in [0.15, 0.2) is 0 Å². The van der Waals surface area contributed by atoms with Crippen molar-refractivity contribution in [3.05, 3.63) is 47.3 Å². The summed E-state index contributed by atoms with van der Waals surface area (Å²) in [6, 6.07) is 7.49. The number of amidine groups is 1. The van der Waals surface area contributed by atoms with Crippen molar-refractivity contribution in [2.45, 2.75) is 13.8 Å². The third-order valence-electron chi connectivity index (χ3n) is 2.60. The molecule has 0 aliphatic rings. The standard InChI is InChI=1S/C13H14N4O/c1-8-3-4-10(7-9(8)2)18-13-16-6-5-11(17-13)12(14)15/h3-7H,1-2H3,(H3,14,15). The van der Waals surface area contributed by atoms with E-state index in [1.165, 1.54) is 11.8 Å². The maximum absolute atomic E-state index is 7.31. The Bertz CT molecular complexity index is 595. The van der Waals surface area contributed by atoms with Crippen LogP contribution in [0.5, 0.6) is 11.8 Å². The number of aromatic nitrogens is 2. The minimum atomic E-state index is -0.109. The van der Waals surface area contributed by atoms with E-state index in [1.807, 2.05) is 32.0 Å². The van der Waals surface area contributed by atoms with E-state index < -0.39 is 0 Å². The molecule has 0 amide bonds. The number of aryl methyl sites for hydroxylation is 2. The fourth-order valence-electron chi connectivity index (χ4n) is 1.42. The van der Waals surface area contributed by atoms with Crippen LogP contribution in [0.15, 0.2) is 30.5 Å². The molecule has 0 unspecified atom stereocenters. The van der Waals surface area contributed by atoms with Gasteiger partial charge >= 0.3 is 6.01 Å². The predicted molar refractivity (Wildman–Crippen MR) is 69.0 cm³/mol. The third kappa shape index (κ3) is 2.63. The number of ether oxygens (including phenoxy) is 1. The van der Waals surface area contributed by atoms with Crippen LogP contribution in [0.25, 0.3) is 0 Å². The van der Waals surface area contributed by atoms with Crippen LogP contribution in [0, 0.1) is 19.3 Å². The van der Waals surface area contributed by atoms with Gasteiger partial charge in [-0.2, -0.15) is 4.98 Å². The zero-order chi connectivity index (χ0) is 13.1. The number of nitrogen functional groups attached to an aromatic ring is 1. The fourth-order valence-corrected chi connectivity index (χ4v) is 1.42. The van der Waals surface area contributed by atoms with Gasteiger partial charge in [0.2, 0.25) is 0 Å². The second-order valence-corrected chi connectivity index (χ2v) is 3.99. The monoisotopic (exact) mass is 242 g/mol. The van der Waals surface area contributed by atoms with Crippen molar-refractivity contribution < 1.29 is 4.74 Å². The normalized spacial score (nSPS) is 10.1. The van der Waals surface area contributed by atoms with Crippen LogP contribution in [-0.4, -0.2) is 15.8 Å². The molecule has 0 aliphatic heterocycles. The van der Waals surface area contributed by atoms with Crippen LogP contribution in [0.1, 0.15) is 16.8 Å². The van der Waals surface area contributed by atoms with Crippen molar-refractivity contribution in [3.8, 4) is 11.8 Å². The minimum Gasteiger partial charge on any atom is -0.424 e. The van der Waals surface area contributed by atoms with E-state index in [1.54, 1.807) is 6.07 Å². The lowest BCUT2D eigenvalue weighted by molar-refractivity contribution is 0.441. The Morgan fingerprint density at radius 2 is 2.00 bits per heavy atom. The number of hydrogen-bond donors (Lipinski definition) is 2. The molecule has 5 heteroatoms. The van der Waals surface area contributed by atoms with Crippen LogP contribution in [0.3, 0.4) is 0 Å². The van der Waals surface area contributed by atoms with E-state index in [2.05, 4.69) is 9.97 Å². The number of hydrogen-bond acceptors (Lipinski definition) is 4. The molecule has 2 aromatic rings. The molecule has 5 nitrogen and oxygen atoms in total. The first kappa shape index (κ1) is 12.0. The molecule has 0 saturated carbocycles. The lowest BCUT2D eigenvalue weighted by Crippen LogP contribution is -2.13. The molecule has 18 heavy (non-hydrogen) atoms. The van der Waals surface area contributed by atoms with Crippen molar-refractivity contribution in [2.75, 3.05) is 0 Å². The largest absolute Gasteiger partial charge is 0.424 e. The first-order valence-electron chi connectivity index (χ1n) is 5.49. The summed E-state index contributed by atoms with van der Waals surface area (Å²) < 4.78 is 5.53. The van der Waals surface area contributed by atoms with Gasteiger partial charge in [-0.1, -0.05) is 6.07 Å². The smallest absolute Gasteiger partial charge is 0.322 e. The molecule has 0 fully saturated rings. The summed E-state index contributed by atoms with van der Waals surface area (Å²) in [4.78, 5) is 8.02. The maximum atomic E-state index is 7.31. The average molecular weight is 242 g/mol. The Labute approximate surface area is 105 Å². The van der Waals surface area contributed by atoms with E-state index >= 15 is 0 Å². The molecule has 2 rings (SSSR count). The number of rotatable bonds is 3. The summed E-state index contributed by atoms with van der Waals surface area (Å²) in [5, 5.41) is 7.31. The maximum Gasteiger partial charge on any atom is 0.322 e. The number of nitrogens with zero attached hydrogens (tertiary/aromatic N) is 2. The van der Waals surface area contributed by atoms with Crippen molar-refractivity contribution in [1.82, 2.24) is 9.97 Å². The van der Waals surface area contributed by atoms with Gasteiger partial charge in [-0.15, -0.1) is 0 Å². The fraction of sp³-hybridized carbons (Fsp3) is 0.154. The Hall–Kier alpha value is -2.43. The van der Waals surface area contributed by atoms with E-state index in [4.69, 9.17) is 15.9 Å². The van der Waals surface area contributed by atoms with E-state index in [9.17, 15) is 0 Å². The summed E-state index contributed by atoms with van der Waals surface area (Å²) in [6.45, 7) is 4.04. The third-order valence-corrected chi connectivity index (χ3v) is 2.60. The first-order valence-corrected chi connectivity index (χ1v) is 5.49. The summed E-state index contributed by atoms with van der Waals surface area (Å²) in [6.07, 6.45) is 1.51. The summed E-state index contributed by atoms with van der Waals surface area (Å²) >= 11 is 0. The highest BCUT2D eigenvalue weighted by atomic mass is 16.5. The van der Waals surface area contributed by atoms with Crippen LogP contribution in [0.2, 0.25) is 0 Å². The molecule has 0 radical (unpaired) electrons. The quantitative estimate of drug-likeness (QED) is 0.638. The van der Waals surface area contributed by atoms with E-state index in [0.29, 0.717) is 11.4 Å². The molecule has 0 aliphatic carbocycles.